The Hall–Kier alpha value is -3.52. The largest absolute Gasteiger partial charge is 0.504 e. The molecule has 26 heavy (non-hydrogen) atoms. The molecule has 2 N–H and O–H groups in total. The lowest BCUT2D eigenvalue weighted by Crippen LogP contribution is -2.23. The number of ether oxygens (including phenoxy) is 1. The molecule has 0 aliphatic rings. The van der Waals surface area contributed by atoms with Gasteiger partial charge in [-0.2, -0.15) is 5.26 Å². The molecule has 3 rings (SSSR count). The monoisotopic (exact) mass is 346 g/mol. The SMILES string of the molecule is COc1cc(C[C@@H](C#N)C(=O)Nc2cccc3ccccc23)ccc1O. The minimum Gasteiger partial charge on any atom is -0.504 e. The average Bonchev–Trinajstić information content (AvgIpc) is 2.67. The highest BCUT2D eigenvalue weighted by atomic mass is 16.5. The normalized spacial score (nSPS) is 11.5. The molecule has 5 heteroatoms. The van der Waals surface area contributed by atoms with Gasteiger partial charge in [-0.1, -0.05) is 42.5 Å². The van der Waals surface area contributed by atoms with Gasteiger partial charge in [0.1, 0.15) is 5.92 Å². The molecule has 0 saturated heterocycles. The third-order valence-electron chi connectivity index (χ3n) is 4.20. The van der Waals surface area contributed by atoms with Crippen LogP contribution in [0.15, 0.2) is 60.7 Å². The van der Waals surface area contributed by atoms with Crippen LogP contribution in [0.3, 0.4) is 0 Å². The summed E-state index contributed by atoms with van der Waals surface area (Å²) in [7, 11) is 1.45. The number of benzene rings is 3. The number of hydrogen-bond donors (Lipinski definition) is 2. The van der Waals surface area contributed by atoms with Crippen molar-refractivity contribution < 1.29 is 14.6 Å². The van der Waals surface area contributed by atoms with Crippen LogP contribution in [0.25, 0.3) is 10.8 Å². The Kier molecular flexibility index (Phi) is 5.04. The van der Waals surface area contributed by atoms with Crippen molar-refractivity contribution in [3.05, 3.63) is 66.2 Å². The fourth-order valence-corrected chi connectivity index (χ4v) is 2.84. The highest BCUT2D eigenvalue weighted by Crippen LogP contribution is 2.28. The van der Waals surface area contributed by atoms with Crippen LogP contribution in [0.2, 0.25) is 0 Å². The molecule has 0 fully saturated rings. The topological polar surface area (TPSA) is 82.3 Å². The quantitative estimate of drug-likeness (QED) is 0.734. The molecule has 0 heterocycles. The van der Waals surface area contributed by atoms with Crippen LogP contribution in [0.4, 0.5) is 5.69 Å². The van der Waals surface area contributed by atoms with E-state index in [1.807, 2.05) is 42.5 Å². The molecule has 3 aromatic carbocycles. The molecule has 0 aliphatic heterocycles. The lowest BCUT2D eigenvalue weighted by Gasteiger charge is -2.13. The van der Waals surface area contributed by atoms with E-state index in [0.717, 1.165) is 16.3 Å². The molecule has 5 nitrogen and oxygen atoms in total. The van der Waals surface area contributed by atoms with Crippen LogP contribution in [-0.2, 0) is 11.2 Å². The Bertz CT molecular complexity index is 987. The number of fused-ring (bicyclic) bond motifs is 1. The summed E-state index contributed by atoms with van der Waals surface area (Å²) in [5.41, 5.74) is 1.41. The predicted octanol–water partition coefficient (Wildman–Crippen LogP) is 3.87. The van der Waals surface area contributed by atoms with Crippen LogP contribution in [-0.4, -0.2) is 18.1 Å². The number of nitriles is 1. The standard InChI is InChI=1S/C21H18N2O3/c1-26-20-12-14(9-10-19(20)24)11-16(13-22)21(25)23-18-8-4-6-15-5-2-3-7-17(15)18/h2-10,12,16,24H,11H2,1H3,(H,23,25)/t16-/m0/s1. The Morgan fingerprint density at radius 1 is 1.19 bits per heavy atom. The predicted molar refractivity (Wildman–Crippen MR) is 100 cm³/mol. The number of anilines is 1. The number of nitrogens with one attached hydrogen (secondary N) is 1. The van der Waals surface area contributed by atoms with Crippen molar-refractivity contribution in [3.8, 4) is 17.6 Å². The van der Waals surface area contributed by atoms with E-state index in [1.54, 1.807) is 12.1 Å². The summed E-state index contributed by atoms with van der Waals surface area (Å²) in [5, 5.41) is 23.9. The maximum absolute atomic E-state index is 12.6. The van der Waals surface area contributed by atoms with E-state index in [2.05, 4.69) is 11.4 Å². The van der Waals surface area contributed by atoms with Crippen LogP contribution in [0.1, 0.15) is 5.56 Å². The average molecular weight is 346 g/mol. The number of methoxy groups -OCH3 is 1. The van der Waals surface area contributed by atoms with Gasteiger partial charge in [-0.3, -0.25) is 4.79 Å². The van der Waals surface area contributed by atoms with Gasteiger partial charge in [-0.25, -0.2) is 0 Å². The van der Waals surface area contributed by atoms with Gasteiger partial charge < -0.3 is 15.2 Å². The smallest absolute Gasteiger partial charge is 0.242 e. The summed E-state index contributed by atoms with van der Waals surface area (Å²) in [6.45, 7) is 0. The fraction of sp³-hybridized carbons (Fsp3) is 0.143. The van der Waals surface area contributed by atoms with E-state index in [4.69, 9.17) is 4.74 Å². The molecule has 1 amide bonds. The molecule has 0 unspecified atom stereocenters. The van der Waals surface area contributed by atoms with Gasteiger partial charge in [0, 0.05) is 11.1 Å². The Morgan fingerprint density at radius 2 is 1.96 bits per heavy atom. The zero-order valence-electron chi connectivity index (χ0n) is 14.3. The zero-order valence-corrected chi connectivity index (χ0v) is 14.3. The fourth-order valence-electron chi connectivity index (χ4n) is 2.84. The molecule has 0 bridgehead atoms. The molecule has 0 saturated carbocycles. The van der Waals surface area contributed by atoms with Crippen LogP contribution >= 0.6 is 0 Å². The van der Waals surface area contributed by atoms with Gasteiger partial charge >= 0.3 is 0 Å². The first kappa shape index (κ1) is 17.3. The molecule has 0 aromatic heterocycles. The van der Waals surface area contributed by atoms with Crippen molar-refractivity contribution in [1.29, 1.82) is 5.26 Å². The van der Waals surface area contributed by atoms with Gasteiger partial charge in [-0.15, -0.1) is 0 Å². The molecule has 1 atom stereocenters. The third kappa shape index (κ3) is 3.60. The number of carbonyl (C=O) groups is 1. The van der Waals surface area contributed by atoms with Gasteiger partial charge in [0.25, 0.3) is 0 Å². The lowest BCUT2D eigenvalue weighted by atomic mass is 9.99. The Morgan fingerprint density at radius 3 is 2.73 bits per heavy atom. The molecular weight excluding hydrogens is 328 g/mol. The van der Waals surface area contributed by atoms with E-state index in [0.29, 0.717) is 11.4 Å². The van der Waals surface area contributed by atoms with E-state index in [9.17, 15) is 15.2 Å². The highest BCUT2D eigenvalue weighted by molar-refractivity contribution is 6.03. The molecule has 0 radical (unpaired) electrons. The number of phenols is 1. The number of amides is 1. The van der Waals surface area contributed by atoms with Crippen molar-refractivity contribution in [3.63, 3.8) is 0 Å². The van der Waals surface area contributed by atoms with Crippen molar-refractivity contribution in [2.45, 2.75) is 6.42 Å². The first-order valence-corrected chi connectivity index (χ1v) is 8.16. The maximum Gasteiger partial charge on any atom is 0.242 e. The van der Waals surface area contributed by atoms with Gasteiger partial charge in [-0.05, 0) is 35.6 Å². The van der Waals surface area contributed by atoms with Crippen molar-refractivity contribution in [2.75, 3.05) is 12.4 Å². The first-order chi connectivity index (χ1) is 12.6. The number of carbonyl (C=O) groups excluding carboxylic acids is 1. The van der Waals surface area contributed by atoms with E-state index in [1.165, 1.54) is 13.2 Å². The van der Waals surface area contributed by atoms with E-state index in [-0.39, 0.29) is 18.1 Å². The lowest BCUT2D eigenvalue weighted by molar-refractivity contribution is -0.118. The minimum atomic E-state index is -0.858. The minimum absolute atomic E-state index is 0.0185. The summed E-state index contributed by atoms with van der Waals surface area (Å²) in [5.74, 6) is -0.891. The summed E-state index contributed by atoms with van der Waals surface area (Å²) in [6.07, 6.45) is 0.226. The Labute approximate surface area is 151 Å². The maximum atomic E-state index is 12.6. The van der Waals surface area contributed by atoms with Crippen molar-refractivity contribution in [1.82, 2.24) is 0 Å². The molecular formula is C21H18N2O3. The number of hydrogen-bond acceptors (Lipinski definition) is 4. The number of rotatable bonds is 5. The second-order valence-corrected chi connectivity index (χ2v) is 5.91. The van der Waals surface area contributed by atoms with Crippen molar-refractivity contribution in [2.24, 2.45) is 5.92 Å². The van der Waals surface area contributed by atoms with Gasteiger partial charge in [0.05, 0.1) is 13.2 Å². The Balaban J connectivity index is 1.80. The van der Waals surface area contributed by atoms with Crippen LogP contribution in [0.5, 0.6) is 11.5 Å². The summed E-state index contributed by atoms with van der Waals surface area (Å²) in [6, 6.07) is 20.2. The summed E-state index contributed by atoms with van der Waals surface area (Å²) >= 11 is 0. The molecule has 130 valence electrons. The second kappa shape index (κ2) is 7.58. The number of nitrogens with zero attached hydrogens (tertiary/aromatic N) is 1. The molecule has 0 spiro atoms. The van der Waals surface area contributed by atoms with Crippen molar-refractivity contribution >= 4 is 22.4 Å². The summed E-state index contributed by atoms with van der Waals surface area (Å²) < 4.78 is 5.07. The molecule has 0 aliphatic carbocycles. The number of aromatic hydroxyl groups is 1. The third-order valence-corrected chi connectivity index (χ3v) is 4.20. The van der Waals surface area contributed by atoms with Crippen LogP contribution < -0.4 is 10.1 Å². The first-order valence-electron chi connectivity index (χ1n) is 8.16. The van der Waals surface area contributed by atoms with Crippen LogP contribution in [0, 0.1) is 17.2 Å². The molecule has 3 aromatic rings. The van der Waals surface area contributed by atoms with E-state index < -0.39 is 5.92 Å². The van der Waals surface area contributed by atoms with Gasteiger partial charge in [0.15, 0.2) is 11.5 Å². The second-order valence-electron chi connectivity index (χ2n) is 5.91. The van der Waals surface area contributed by atoms with E-state index >= 15 is 0 Å². The van der Waals surface area contributed by atoms with Gasteiger partial charge in [0.2, 0.25) is 5.91 Å². The number of phenolic OH excluding ortho intramolecular Hbond substituents is 1. The zero-order chi connectivity index (χ0) is 18.5. The summed E-state index contributed by atoms with van der Waals surface area (Å²) in [4.78, 5) is 12.6. The highest BCUT2D eigenvalue weighted by Gasteiger charge is 2.20.